The van der Waals surface area contributed by atoms with Crippen LogP contribution in [0.3, 0.4) is 0 Å². The van der Waals surface area contributed by atoms with E-state index in [0.717, 1.165) is 29.7 Å². The van der Waals surface area contributed by atoms with Crippen molar-refractivity contribution in [1.82, 2.24) is 0 Å². The van der Waals surface area contributed by atoms with Crippen molar-refractivity contribution in [2.45, 2.75) is 38.5 Å². The van der Waals surface area contributed by atoms with Crippen LogP contribution in [0.1, 0.15) is 48.9 Å². The molecule has 0 saturated heterocycles. The highest BCUT2D eigenvalue weighted by Gasteiger charge is 2.54. The minimum absolute atomic E-state index is 0.109. The fraction of sp³-hybridized carbons (Fsp3) is 0.478. The van der Waals surface area contributed by atoms with Crippen molar-refractivity contribution in [3.05, 3.63) is 42.0 Å². The molecule has 0 spiro atoms. The van der Waals surface area contributed by atoms with Crippen LogP contribution in [0.5, 0.6) is 0 Å². The summed E-state index contributed by atoms with van der Waals surface area (Å²) in [5.74, 6) is 1.83. The van der Waals surface area contributed by atoms with Gasteiger partial charge in [0.25, 0.3) is 0 Å². The van der Waals surface area contributed by atoms with Gasteiger partial charge >= 0.3 is 5.97 Å². The number of methoxy groups -OCH3 is 1. The van der Waals surface area contributed by atoms with Crippen LogP contribution in [0.25, 0.3) is 10.4 Å². The summed E-state index contributed by atoms with van der Waals surface area (Å²) in [5.41, 5.74) is 1.25. The molecule has 5 heteroatoms. The molecule has 2 aromatic rings. The van der Waals surface area contributed by atoms with Gasteiger partial charge in [-0.2, -0.15) is 0 Å². The predicted octanol–water partition coefficient (Wildman–Crippen LogP) is 5.36. The Balaban J connectivity index is 1.45. The molecule has 4 fully saturated rings. The summed E-state index contributed by atoms with van der Waals surface area (Å²) >= 11 is 1.46. The Morgan fingerprint density at radius 1 is 1.04 bits per heavy atom. The number of carbonyl (C=O) groups excluding carboxylic acids is 2. The standard InChI is InChI=1S/C23H25NO3S/c1-27-21(25)18-10-19(17-5-3-2-4-6-17)28-20(18)24-22(26)23-11-14-7-15(12-23)9-16(8-14)13-23/h2-6,10,14-16H,7-9,11-13H2,1H3,(H,24,26). The van der Waals surface area contributed by atoms with E-state index in [-0.39, 0.29) is 11.3 Å². The highest BCUT2D eigenvalue weighted by atomic mass is 32.1. The summed E-state index contributed by atoms with van der Waals surface area (Å²) in [6.45, 7) is 0. The smallest absolute Gasteiger partial charge is 0.340 e. The molecule has 6 rings (SSSR count). The highest BCUT2D eigenvalue weighted by Crippen LogP contribution is 2.60. The number of thiophene rings is 1. The third-order valence-electron chi connectivity index (χ3n) is 6.94. The summed E-state index contributed by atoms with van der Waals surface area (Å²) in [7, 11) is 1.38. The molecule has 0 radical (unpaired) electrons. The molecule has 1 N–H and O–H groups in total. The number of hydrogen-bond donors (Lipinski definition) is 1. The number of benzene rings is 1. The molecule has 1 heterocycles. The summed E-state index contributed by atoms with van der Waals surface area (Å²) in [6.07, 6.45) is 6.94. The van der Waals surface area contributed by atoms with E-state index in [1.165, 1.54) is 37.7 Å². The lowest BCUT2D eigenvalue weighted by Crippen LogP contribution is -2.51. The molecular formula is C23H25NO3S. The van der Waals surface area contributed by atoms with Gasteiger partial charge in [-0.25, -0.2) is 4.79 Å². The molecule has 1 aromatic carbocycles. The largest absolute Gasteiger partial charge is 0.465 e. The van der Waals surface area contributed by atoms with E-state index in [1.54, 1.807) is 0 Å². The summed E-state index contributed by atoms with van der Waals surface area (Å²) in [4.78, 5) is 26.7. The zero-order chi connectivity index (χ0) is 19.3. The van der Waals surface area contributed by atoms with Crippen LogP contribution in [0.15, 0.2) is 36.4 Å². The van der Waals surface area contributed by atoms with Crippen molar-refractivity contribution in [2.24, 2.45) is 23.2 Å². The van der Waals surface area contributed by atoms with Crippen LogP contribution < -0.4 is 5.32 Å². The Morgan fingerprint density at radius 2 is 1.64 bits per heavy atom. The normalized spacial score (nSPS) is 30.2. The first-order valence-electron chi connectivity index (χ1n) is 10.2. The van der Waals surface area contributed by atoms with Crippen LogP contribution in [-0.2, 0) is 9.53 Å². The number of nitrogens with one attached hydrogen (secondary N) is 1. The second-order valence-corrected chi connectivity index (χ2v) is 9.92. The number of amides is 1. The molecule has 4 nitrogen and oxygen atoms in total. The van der Waals surface area contributed by atoms with Gasteiger partial charge in [0, 0.05) is 4.88 Å². The molecule has 4 bridgehead atoms. The quantitative estimate of drug-likeness (QED) is 0.709. The van der Waals surface area contributed by atoms with E-state index in [1.807, 2.05) is 36.4 Å². The Bertz CT molecular complexity index is 882. The number of hydrogen-bond acceptors (Lipinski definition) is 4. The Kier molecular flexibility index (Phi) is 4.31. The van der Waals surface area contributed by atoms with Crippen molar-refractivity contribution in [1.29, 1.82) is 0 Å². The van der Waals surface area contributed by atoms with Crippen LogP contribution in [0.2, 0.25) is 0 Å². The lowest BCUT2D eigenvalue weighted by atomic mass is 9.49. The van der Waals surface area contributed by atoms with Gasteiger partial charge in [0.05, 0.1) is 18.1 Å². The molecule has 4 aliphatic carbocycles. The number of esters is 1. The minimum atomic E-state index is -0.403. The zero-order valence-corrected chi connectivity index (χ0v) is 16.9. The van der Waals surface area contributed by atoms with Crippen LogP contribution >= 0.6 is 11.3 Å². The van der Waals surface area contributed by atoms with Gasteiger partial charge < -0.3 is 10.1 Å². The van der Waals surface area contributed by atoms with E-state index in [9.17, 15) is 9.59 Å². The summed E-state index contributed by atoms with van der Waals surface area (Å²) in [5, 5.41) is 3.77. The van der Waals surface area contributed by atoms with E-state index in [2.05, 4.69) is 5.32 Å². The maximum absolute atomic E-state index is 13.4. The van der Waals surface area contributed by atoms with Gasteiger partial charge in [-0.15, -0.1) is 11.3 Å². The van der Waals surface area contributed by atoms with Gasteiger partial charge in [-0.3, -0.25) is 4.79 Å². The van der Waals surface area contributed by atoms with Crippen LogP contribution in [0.4, 0.5) is 5.00 Å². The van der Waals surface area contributed by atoms with E-state index in [0.29, 0.717) is 28.3 Å². The van der Waals surface area contributed by atoms with Gasteiger partial charge in [-0.05, 0) is 67.9 Å². The lowest BCUT2D eigenvalue weighted by molar-refractivity contribution is -0.140. The van der Waals surface area contributed by atoms with Gasteiger partial charge in [0.1, 0.15) is 5.00 Å². The highest BCUT2D eigenvalue weighted by molar-refractivity contribution is 7.20. The monoisotopic (exact) mass is 395 g/mol. The lowest BCUT2D eigenvalue weighted by Gasteiger charge is -2.55. The topological polar surface area (TPSA) is 55.4 Å². The van der Waals surface area contributed by atoms with E-state index in [4.69, 9.17) is 4.74 Å². The van der Waals surface area contributed by atoms with Crippen molar-refractivity contribution < 1.29 is 14.3 Å². The molecular weight excluding hydrogens is 370 g/mol. The first-order valence-corrected chi connectivity index (χ1v) is 11.0. The van der Waals surface area contributed by atoms with Gasteiger partial charge in [0.15, 0.2) is 0 Å². The fourth-order valence-corrected chi connectivity index (χ4v) is 7.16. The van der Waals surface area contributed by atoms with Gasteiger partial charge in [-0.1, -0.05) is 30.3 Å². The zero-order valence-electron chi connectivity index (χ0n) is 16.1. The first-order chi connectivity index (χ1) is 13.6. The average molecular weight is 396 g/mol. The molecule has 28 heavy (non-hydrogen) atoms. The molecule has 0 aliphatic heterocycles. The van der Waals surface area contributed by atoms with E-state index >= 15 is 0 Å². The number of anilines is 1. The number of ether oxygens (including phenoxy) is 1. The Morgan fingerprint density at radius 3 is 2.21 bits per heavy atom. The summed E-state index contributed by atoms with van der Waals surface area (Å²) < 4.78 is 4.97. The molecule has 146 valence electrons. The SMILES string of the molecule is COC(=O)c1cc(-c2ccccc2)sc1NC(=O)C12CC3CC(CC(C3)C1)C2. The van der Waals surface area contributed by atoms with Crippen LogP contribution in [-0.4, -0.2) is 19.0 Å². The Labute approximate surface area is 169 Å². The second-order valence-electron chi connectivity index (χ2n) is 8.86. The molecule has 4 saturated carbocycles. The van der Waals surface area contributed by atoms with E-state index < -0.39 is 5.97 Å². The first kappa shape index (κ1) is 17.9. The predicted molar refractivity (Wildman–Crippen MR) is 110 cm³/mol. The molecule has 0 unspecified atom stereocenters. The molecule has 1 amide bonds. The third-order valence-corrected chi connectivity index (χ3v) is 8.04. The van der Waals surface area contributed by atoms with Crippen molar-refractivity contribution in [2.75, 3.05) is 12.4 Å². The van der Waals surface area contributed by atoms with Crippen molar-refractivity contribution >= 4 is 28.2 Å². The molecule has 0 atom stereocenters. The second kappa shape index (κ2) is 6.73. The maximum atomic E-state index is 13.4. The Hall–Kier alpha value is -2.14. The fourth-order valence-electron chi connectivity index (χ4n) is 6.11. The average Bonchev–Trinajstić information content (AvgIpc) is 3.11. The van der Waals surface area contributed by atoms with Crippen LogP contribution in [0, 0.1) is 23.2 Å². The minimum Gasteiger partial charge on any atom is -0.465 e. The van der Waals surface area contributed by atoms with Crippen molar-refractivity contribution in [3.63, 3.8) is 0 Å². The molecule has 4 aliphatic rings. The molecule has 1 aromatic heterocycles. The van der Waals surface area contributed by atoms with Crippen molar-refractivity contribution in [3.8, 4) is 10.4 Å². The maximum Gasteiger partial charge on any atom is 0.340 e. The number of carbonyl (C=O) groups is 2. The number of rotatable bonds is 4. The summed E-state index contributed by atoms with van der Waals surface area (Å²) in [6, 6.07) is 11.8. The van der Waals surface area contributed by atoms with Gasteiger partial charge in [0.2, 0.25) is 5.91 Å². The third kappa shape index (κ3) is 2.96.